The number of carbonyl (C=O) groups is 2. The molecule has 0 aromatic heterocycles. The van der Waals surface area contributed by atoms with Gasteiger partial charge in [-0.05, 0) is 25.1 Å². The van der Waals surface area contributed by atoms with Crippen LogP contribution in [0.2, 0.25) is 0 Å². The SMILES string of the molecule is CCOC(=O)[C@H]1C(=O)NC(N2CCN(c3ccccc3)CC2)=N[C@@H]1c1ccccc1OC. The predicted molar refractivity (Wildman–Crippen MR) is 122 cm³/mol. The fourth-order valence-corrected chi connectivity index (χ4v) is 4.17. The number of esters is 1. The summed E-state index contributed by atoms with van der Waals surface area (Å²) in [4.78, 5) is 34.9. The van der Waals surface area contributed by atoms with Gasteiger partial charge in [0, 0.05) is 37.4 Å². The maximum atomic E-state index is 13.1. The molecular weight excluding hydrogens is 408 g/mol. The molecule has 8 nitrogen and oxygen atoms in total. The summed E-state index contributed by atoms with van der Waals surface area (Å²) in [5.41, 5.74) is 1.86. The van der Waals surface area contributed by atoms with E-state index < -0.39 is 23.8 Å². The van der Waals surface area contributed by atoms with Crippen molar-refractivity contribution in [2.75, 3.05) is 44.8 Å². The van der Waals surface area contributed by atoms with E-state index in [1.807, 2.05) is 36.4 Å². The molecule has 2 aliphatic rings. The van der Waals surface area contributed by atoms with E-state index in [9.17, 15) is 9.59 Å². The molecular formula is C24H28N4O4. The summed E-state index contributed by atoms with van der Waals surface area (Å²) < 4.78 is 10.7. The predicted octanol–water partition coefficient (Wildman–Crippen LogP) is 2.22. The molecule has 0 radical (unpaired) electrons. The molecule has 0 bridgehead atoms. The zero-order valence-corrected chi connectivity index (χ0v) is 18.4. The average molecular weight is 437 g/mol. The Bertz CT molecular complexity index is 987. The van der Waals surface area contributed by atoms with Crippen molar-refractivity contribution in [1.29, 1.82) is 0 Å². The van der Waals surface area contributed by atoms with Crippen molar-refractivity contribution in [2.24, 2.45) is 10.9 Å². The number of ether oxygens (including phenoxy) is 2. The molecule has 1 saturated heterocycles. The molecule has 0 aliphatic carbocycles. The number of carbonyl (C=O) groups excluding carboxylic acids is 2. The molecule has 2 aliphatic heterocycles. The lowest BCUT2D eigenvalue weighted by atomic mass is 9.90. The largest absolute Gasteiger partial charge is 0.496 e. The summed E-state index contributed by atoms with van der Waals surface area (Å²) in [5.74, 6) is -0.995. The Labute approximate surface area is 187 Å². The summed E-state index contributed by atoms with van der Waals surface area (Å²) in [6.45, 7) is 4.93. The van der Waals surface area contributed by atoms with E-state index in [-0.39, 0.29) is 6.61 Å². The lowest BCUT2D eigenvalue weighted by molar-refractivity contribution is -0.153. The van der Waals surface area contributed by atoms with E-state index in [0.717, 1.165) is 13.1 Å². The van der Waals surface area contributed by atoms with Crippen LogP contribution in [0, 0.1) is 5.92 Å². The third-order valence-electron chi connectivity index (χ3n) is 5.79. The van der Waals surface area contributed by atoms with Gasteiger partial charge < -0.3 is 19.3 Å². The van der Waals surface area contributed by atoms with Gasteiger partial charge in [0.15, 0.2) is 5.92 Å². The van der Waals surface area contributed by atoms with Crippen LogP contribution in [0.1, 0.15) is 18.5 Å². The summed E-state index contributed by atoms with van der Waals surface area (Å²) in [5, 5.41) is 2.84. The third kappa shape index (κ3) is 4.39. The Balaban J connectivity index is 1.60. The first-order valence-corrected chi connectivity index (χ1v) is 10.9. The topological polar surface area (TPSA) is 83.5 Å². The number of benzene rings is 2. The summed E-state index contributed by atoms with van der Waals surface area (Å²) >= 11 is 0. The first kappa shape index (κ1) is 21.7. The number of aliphatic imine (C=N–C) groups is 1. The molecule has 1 N–H and O–H groups in total. The number of piperazine rings is 1. The maximum absolute atomic E-state index is 13.1. The number of methoxy groups -OCH3 is 1. The van der Waals surface area contributed by atoms with Crippen LogP contribution in [0.4, 0.5) is 5.69 Å². The average Bonchev–Trinajstić information content (AvgIpc) is 2.84. The second-order valence-corrected chi connectivity index (χ2v) is 7.67. The number of amides is 1. The van der Waals surface area contributed by atoms with Gasteiger partial charge >= 0.3 is 5.97 Å². The van der Waals surface area contributed by atoms with Crippen molar-refractivity contribution in [3.8, 4) is 5.75 Å². The molecule has 0 saturated carbocycles. The quantitative estimate of drug-likeness (QED) is 0.572. The number of hydrogen-bond donors (Lipinski definition) is 1. The van der Waals surface area contributed by atoms with Crippen LogP contribution in [0.15, 0.2) is 59.6 Å². The Kier molecular flexibility index (Phi) is 6.58. The normalized spacial score (nSPS) is 20.9. The highest BCUT2D eigenvalue weighted by Gasteiger charge is 2.43. The van der Waals surface area contributed by atoms with E-state index in [2.05, 4.69) is 27.2 Å². The van der Waals surface area contributed by atoms with Crippen molar-refractivity contribution < 1.29 is 19.1 Å². The van der Waals surface area contributed by atoms with Crippen LogP contribution in [0.3, 0.4) is 0 Å². The molecule has 2 aromatic rings. The maximum Gasteiger partial charge on any atom is 0.321 e. The highest BCUT2D eigenvalue weighted by molar-refractivity contribution is 6.08. The Morgan fingerprint density at radius 1 is 1.03 bits per heavy atom. The van der Waals surface area contributed by atoms with Gasteiger partial charge in [0.1, 0.15) is 11.8 Å². The molecule has 0 unspecified atom stereocenters. The van der Waals surface area contributed by atoms with Gasteiger partial charge in [-0.25, -0.2) is 4.99 Å². The van der Waals surface area contributed by atoms with Crippen LogP contribution in [0.25, 0.3) is 0 Å². The van der Waals surface area contributed by atoms with Crippen molar-refractivity contribution in [3.05, 3.63) is 60.2 Å². The van der Waals surface area contributed by atoms with Crippen LogP contribution in [0.5, 0.6) is 5.75 Å². The Hall–Kier alpha value is -3.55. The molecule has 2 aromatic carbocycles. The molecule has 4 rings (SSSR count). The van der Waals surface area contributed by atoms with Crippen LogP contribution in [-0.2, 0) is 14.3 Å². The number of anilines is 1. The van der Waals surface area contributed by atoms with Crippen LogP contribution >= 0.6 is 0 Å². The second-order valence-electron chi connectivity index (χ2n) is 7.67. The first-order valence-electron chi connectivity index (χ1n) is 10.9. The van der Waals surface area contributed by atoms with Crippen molar-refractivity contribution >= 4 is 23.5 Å². The second kappa shape index (κ2) is 9.72. The molecule has 32 heavy (non-hydrogen) atoms. The van der Waals surface area contributed by atoms with E-state index in [1.54, 1.807) is 20.1 Å². The number of guanidine groups is 1. The van der Waals surface area contributed by atoms with E-state index >= 15 is 0 Å². The van der Waals surface area contributed by atoms with Gasteiger partial charge in [0.05, 0.1) is 13.7 Å². The molecule has 1 fully saturated rings. The standard InChI is InChI=1S/C24H28N4O4/c1-3-32-23(30)20-21(18-11-7-8-12-19(18)31-2)25-24(26-22(20)29)28-15-13-27(14-16-28)17-9-5-4-6-10-17/h4-12,20-21H,3,13-16H2,1-2H3,(H,25,26,29)/t20-,21-/m1/s1. The number of para-hydroxylation sites is 2. The fourth-order valence-electron chi connectivity index (χ4n) is 4.17. The van der Waals surface area contributed by atoms with Gasteiger partial charge in [-0.3, -0.25) is 14.9 Å². The van der Waals surface area contributed by atoms with Gasteiger partial charge in [-0.1, -0.05) is 36.4 Å². The molecule has 2 atom stereocenters. The van der Waals surface area contributed by atoms with E-state index in [4.69, 9.17) is 14.5 Å². The van der Waals surface area contributed by atoms with Gasteiger partial charge in [0.2, 0.25) is 11.9 Å². The van der Waals surface area contributed by atoms with E-state index in [0.29, 0.717) is 30.4 Å². The zero-order valence-electron chi connectivity index (χ0n) is 18.4. The third-order valence-corrected chi connectivity index (χ3v) is 5.79. The lowest BCUT2D eigenvalue weighted by Gasteiger charge is -2.39. The highest BCUT2D eigenvalue weighted by atomic mass is 16.5. The smallest absolute Gasteiger partial charge is 0.321 e. The van der Waals surface area contributed by atoms with Gasteiger partial charge in [-0.15, -0.1) is 0 Å². The fraction of sp³-hybridized carbons (Fsp3) is 0.375. The lowest BCUT2D eigenvalue weighted by Crippen LogP contribution is -2.57. The minimum Gasteiger partial charge on any atom is -0.496 e. The molecule has 168 valence electrons. The number of nitrogens with zero attached hydrogens (tertiary/aromatic N) is 3. The molecule has 8 heteroatoms. The minimum atomic E-state index is -1.07. The molecule has 1 amide bonds. The van der Waals surface area contributed by atoms with Crippen LogP contribution in [-0.4, -0.2) is 62.6 Å². The van der Waals surface area contributed by atoms with Crippen molar-refractivity contribution in [3.63, 3.8) is 0 Å². The van der Waals surface area contributed by atoms with Crippen molar-refractivity contribution in [2.45, 2.75) is 13.0 Å². The summed E-state index contributed by atoms with van der Waals surface area (Å²) in [6, 6.07) is 16.9. The number of nitrogens with one attached hydrogen (secondary N) is 1. The zero-order chi connectivity index (χ0) is 22.5. The van der Waals surface area contributed by atoms with E-state index in [1.165, 1.54) is 5.69 Å². The molecule has 2 heterocycles. The highest BCUT2D eigenvalue weighted by Crippen LogP contribution is 2.36. The monoisotopic (exact) mass is 436 g/mol. The van der Waals surface area contributed by atoms with Crippen LogP contribution < -0.4 is 15.0 Å². The Morgan fingerprint density at radius 2 is 1.69 bits per heavy atom. The number of rotatable bonds is 5. The minimum absolute atomic E-state index is 0.194. The van der Waals surface area contributed by atoms with Gasteiger partial charge in [0.25, 0.3) is 0 Å². The summed E-state index contributed by atoms with van der Waals surface area (Å²) in [6.07, 6.45) is 0. The molecule has 0 spiro atoms. The summed E-state index contributed by atoms with van der Waals surface area (Å²) in [7, 11) is 1.56. The van der Waals surface area contributed by atoms with Crippen molar-refractivity contribution in [1.82, 2.24) is 10.2 Å². The Morgan fingerprint density at radius 3 is 2.38 bits per heavy atom. The first-order chi connectivity index (χ1) is 15.6. The number of hydrogen-bond acceptors (Lipinski definition) is 7. The van der Waals surface area contributed by atoms with Gasteiger partial charge in [-0.2, -0.15) is 0 Å².